The molecule has 1 unspecified atom stereocenters. The summed E-state index contributed by atoms with van der Waals surface area (Å²) in [7, 11) is 0. The minimum absolute atomic E-state index is 0.0946. The highest BCUT2D eigenvalue weighted by atomic mass is 32.1. The standard InChI is InChI=1S/C12H18O2S/c1-5-8(2)14-7-12(13)11-6-9(3)15-10(11)4/h6,8H,5,7H2,1-4H3. The zero-order valence-corrected chi connectivity index (χ0v) is 10.6. The minimum atomic E-state index is 0.0946. The monoisotopic (exact) mass is 226 g/mol. The van der Waals surface area contributed by atoms with Gasteiger partial charge in [-0.2, -0.15) is 0 Å². The van der Waals surface area contributed by atoms with Gasteiger partial charge in [0.1, 0.15) is 6.61 Å². The normalized spacial score (nSPS) is 12.8. The molecule has 1 aromatic heterocycles. The van der Waals surface area contributed by atoms with Crippen molar-refractivity contribution in [2.24, 2.45) is 0 Å². The van der Waals surface area contributed by atoms with Gasteiger partial charge in [0.2, 0.25) is 0 Å². The fourth-order valence-electron chi connectivity index (χ4n) is 1.32. The van der Waals surface area contributed by atoms with Gasteiger partial charge >= 0.3 is 0 Å². The second kappa shape index (κ2) is 5.42. The first-order chi connectivity index (χ1) is 7.04. The summed E-state index contributed by atoms with van der Waals surface area (Å²) >= 11 is 1.66. The Balaban J connectivity index is 2.58. The van der Waals surface area contributed by atoms with Gasteiger partial charge < -0.3 is 4.74 Å². The Kier molecular flexibility index (Phi) is 4.48. The van der Waals surface area contributed by atoms with E-state index >= 15 is 0 Å². The van der Waals surface area contributed by atoms with Gasteiger partial charge in [-0.25, -0.2) is 0 Å². The lowest BCUT2D eigenvalue weighted by molar-refractivity contribution is 0.0511. The van der Waals surface area contributed by atoms with E-state index in [0.29, 0.717) is 0 Å². The molecule has 0 saturated carbocycles. The zero-order valence-electron chi connectivity index (χ0n) is 9.79. The smallest absolute Gasteiger partial charge is 0.189 e. The molecular weight excluding hydrogens is 208 g/mol. The molecule has 1 rings (SSSR count). The molecule has 15 heavy (non-hydrogen) atoms. The topological polar surface area (TPSA) is 26.3 Å². The molecule has 0 fully saturated rings. The second-order valence-electron chi connectivity index (χ2n) is 3.78. The zero-order chi connectivity index (χ0) is 11.4. The summed E-state index contributed by atoms with van der Waals surface area (Å²) in [6.45, 7) is 8.23. The average Bonchev–Trinajstić information content (AvgIpc) is 2.53. The van der Waals surface area contributed by atoms with Crippen LogP contribution in [0, 0.1) is 13.8 Å². The van der Waals surface area contributed by atoms with Crippen LogP contribution in [0.4, 0.5) is 0 Å². The molecule has 0 aliphatic carbocycles. The lowest BCUT2D eigenvalue weighted by Gasteiger charge is -2.09. The van der Waals surface area contributed by atoms with Crippen molar-refractivity contribution < 1.29 is 9.53 Å². The second-order valence-corrected chi connectivity index (χ2v) is 5.24. The predicted molar refractivity (Wildman–Crippen MR) is 63.8 cm³/mol. The van der Waals surface area contributed by atoms with E-state index in [4.69, 9.17) is 4.74 Å². The van der Waals surface area contributed by atoms with Crippen LogP contribution < -0.4 is 0 Å². The van der Waals surface area contributed by atoms with E-state index in [1.54, 1.807) is 11.3 Å². The van der Waals surface area contributed by atoms with Crippen molar-refractivity contribution in [1.29, 1.82) is 0 Å². The molecule has 0 bridgehead atoms. The summed E-state index contributed by atoms with van der Waals surface area (Å²) in [5.41, 5.74) is 0.820. The number of carbonyl (C=O) groups is 1. The quantitative estimate of drug-likeness (QED) is 0.720. The van der Waals surface area contributed by atoms with Gasteiger partial charge in [-0.1, -0.05) is 6.92 Å². The number of rotatable bonds is 5. The Bertz CT molecular complexity index is 341. The molecule has 1 heterocycles. The number of thiophene rings is 1. The maximum atomic E-state index is 11.8. The summed E-state index contributed by atoms with van der Waals surface area (Å²) in [5.74, 6) is 0.0946. The van der Waals surface area contributed by atoms with Crippen molar-refractivity contribution in [3.8, 4) is 0 Å². The molecule has 0 N–H and O–H groups in total. The van der Waals surface area contributed by atoms with Gasteiger partial charge in [-0.05, 0) is 33.3 Å². The first-order valence-electron chi connectivity index (χ1n) is 5.26. The summed E-state index contributed by atoms with van der Waals surface area (Å²) in [5, 5.41) is 0. The van der Waals surface area contributed by atoms with Crippen LogP contribution in [0.1, 0.15) is 40.4 Å². The maximum Gasteiger partial charge on any atom is 0.189 e. The summed E-state index contributed by atoms with van der Waals surface area (Å²) in [4.78, 5) is 14.0. The molecular formula is C12H18O2S. The van der Waals surface area contributed by atoms with Crippen molar-refractivity contribution in [3.63, 3.8) is 0 Å². The van der Waals surface area contributed by atoms with Crippen LogP contribution in [-0.2, 0) is 4.74 Å². The van der Waals surface area contributed by atoms with Crippen LogP contribution in [0.15, 0.2) is 6.07 Å². The number of hydrogen-bond acceptors (Lipinski definition) is 3. The van der Waals surface area contributed by atoms with Crippen molar-refractivity contribution >= 4 is 17.1 Å². The third-order valence-electron chi connectivity index (χ3n) is 2.42. The third kappa shape index (κ3) is 3.43. The third-order valence-corrected chi connectivity index (χ3v) is 3.38. The first kappa shape index (κ1) is 12.4. The van der Waals surface area contributed by atoms with Gasteiger partial charge in [0, 0.05) is 15.3 Å². The van der Waals surface area contributed by atoms with Crippen LogP contribution in [-0.4, -0.2) is 18.5 Å². The maximum absolute atomic E-state index is 11.8. The van der Waals surface area contributed by atoms with Gasteiger partial charge in [0.05, 0.1) is 6.10 Å². The Hall–Kier alpha value is -0.670. The van der Waals surface area contributed by atoms with Crippen LogP contribution in [0.25, 0.3) is 0 Å². The summed E-state index contributed by atoms with van der Waals surface area (Å²) in [6, 6.07) is 1.95. The molecule has 0 aliphatic heterocycles. The van der Waals surface area contributed by atoms with Crippen molar-refractivity contribution in [1.82, 2.24) is 0 Å². The lowest BCUT2D eigenvalue weighted by atomic mass is 10.2. The van der Waals surface area contributed by atoms with E-state index in [1.807, 2.05) is 26.8 Å². The highest BCUT2D eigenvalue weighted by molar-refractivity contribution is 7.12. The van der Waals surface area contributed by atoms with Crippen molar-refractivity contribution in [3.05, 3.63) is 21.4 Å². The van der Waals surface area contributed by atoms with E-state index in [0.717, 1.165) is 16.9 Å². The average molecular weight is 226 g/mol. The fraction of sp³-hybridized carbons (Fsp3) is 0.583. The molecule has 0 aliphatic rings. The number of carbonyl (C=O) groups excluding carboxylic acids is 1. The Morgan fingerprint density at radius 2 is 2.20 bits per heavy atom. The highest BCUT2D eigenvalue weighted by Gasteiger charge is 2.12. The van der Waals surface area contributed by atoms with E-state index < -0.39 is 0 Å². The fourth-order valence-corrected chi connectivity index (χ4v) is 2.26. The highest BCUT2D eigenvalue weighted by Crippen LogP contribution is 2.21. The molecule has 0 saturated heterocycles. The van der Waals surface area contributed by atoms with Crippen molar-refractivity contribution in [2.75, 3.05) is 6.61 Å². The molecule has 0 amide bonds. The van der Waals surface area contributed by atoms with E-state index in [2.05, 4.69) is 6.92 Å². The van der Waals surface area contributed by atoms with Crippen LogP contribution in [0.5, 0.6) is 0 Å². The number of ketones is 1. The number of hydrogen-bond donors (Lipinski definition) is 0. The molecule has 3 heteroatoms. The van der Waals surface area contributed by atoms with Crippen molar-refractivity contribution in [2.45, 2.75) is 40.2 Å². The molecule has 1 aromatic rings. The lowest BCUT2D eigenvalue weighted by Crippen LogP contribution is -2.15. The van der Waals surface area contributed by atoms with Crippen LogP contribution in [0.2, 0.25) is 0 Å². The van der Waals surface area contributed by atoms with Gasteiger partial charge in [-0.3, -0.25) is 4.79 Å². The van der Waals surface area contributed by atoms with Gasteiger partial charge in [0.15, 0.2) is 5.78 Å². The minimum Gasteiger partial charge on any atom is -0.370 e. The number of ether oxygens (including phenoxy) is 1. The van der Waals surface area contributed by atoms with E-state index in [9.17, 15) is 4.79 Å². The number of aryl methyl sites for hydroxylation is 2. The van der Waals surface area contributed by atoms with Gasteiger partial charge in [0.25, 0.3) is 0 Å². The van der Waals surface area contributed by atoms with E-state index in [1.165, 1.54) is 4.88 Å². The Labute approximate surface area is 95.3 Å². The Morgan fingerprint density at radius 1 is 1.53 bits per heavy atom. The largest absolute Gasteiger partial charge is 0.370 e. The molecule has 2 nitrogen and oxygen atoms in total. The van der Waals surface area contributed by atoms with E-state index in [-0.39, 0.29) is 18.5 Å². The summed E-state index contributed by atoms with van der Waals surface area (Å²) in [6.07, 6.45) is 1.10. The van der Waals surface area contributed by atoms with Crippen LogP contribution in [0.3, 0.4) is 0 Å². The number of Topliss-reactive ketones (excluding diaryl/α,β-unsaturated/α-hetero) is 1. The molecule has 0 spiro atoms. The predicted octanol–water partition coefficient (Wildman–Crippen LogP) is 3.36. The molecule has 84 valence electrons. The molecule has 0 radical (unpaired) electrons. The molecule has 0 aromatic carbocycles. The SMILES string of the molecule is CCC(C)OCC(=O)c1cc(C)sc1C. The Morgan fingerprint density at radius 3 is 2.67 bits per heavy atom. The first-order valence-corrected chi connectivity index (χ1v) is 6.08. The summed E-state index contributed by atoms with van der Waals surface area (Å²) < 4.78 is 5.43. The molecule has 1 atom stereocenters. The van der Waals surface area contributed by atoms with Crippen LogP contribution >= 0.6 is 11.3 Å². The van der Waals surface area contributed by atoms with Gasteiger partial charge in [-0.15, -0.1) is 11.3 Å².